The molecule has 1 aromatic carbocycles. The fourth-order valence-electron chi connectivity index (χ4n) is 3.07. The van der Waals surface area contributed by atoms with Gasteiger partial charge in [-0.15, -0.1) is 11.3 Å². The lowest BCUT2D eigenvalue weighted by Gasteiger charge is -2.13. The van der Waals surface area contributed by atoms with E-state index in [1.165, 1.54) is 40.4 Å². The van der Waals surface area contributed by atoms with E-state index in [1.54, 1.807) is 11.3 Å². The number of thiazole rings is 1. The zero-order valence-electron chi connectivity index (χ0n) is 11.6. The van der Waals surface area contributed by atoms with Gasteiger partial charge in [0.05, 0.1) is 22.5 Å². The van der Waals surface area contributed by atoms with E-state index in [0.717, 1.165) is 24.3 Å². The fourth-order valence-corrected chi connectivity index (χ4v) is 4.02. The fraction of sp³-hybridized carbons (Fsp3) is 0.375. The molecule has 0 radical (unpaired) electrons. The van der Waals surface area contributed by atoms with Gasteiger partial charge < -0.3 is 4.57 Å². The van der Waals surface area contributed by atoms with Crippen LogP contribution in [0.25, 0.3) is 10.2 Å². The molecule has 0 saturated carbocycles. The lowest BCUT2D eigenvalue weighted by atomic mass is 10.0. The number of benzene rings is 1. The normalized spacial score (nSPS) is 14.7. The van der Waals surface area contributed by atoms with Crippen molar-refractivity contribution in [1.82, 2.24) is 14.5 Å². The van der Waals surface area contributed by atoms with Crippen LogP contribution in [0.2, 0.25) is 0 Å². The molecule has 0 bridgehead atoms. The first-order valence-corrected chi connectivity index (χ1v) is 8.02. The molecule has 4 heteroatoms. The Morgan fingerprint density at radius 1 is 1.15 bits per heavy atom. The SMILES string of the molecule is Cc1nc2c(n1Cc1nc3ccccc3s1)CCCC2. The van der Waals surface area contributed by atoms with Gasteiger partial charge in [0.15, 0.2) is 0 Å². The largest absolute Gasteiger partial charge is 0.325 e. The molecular formula is C16H17N3S. The summed E-state index contributed by atoms with van der Waals surface area (Å²) in [7, 11) is 0. The second-order valence-corrected chi connectivity index (χ2v) is 6.54. The Morgan fingerprint density at radius 2 is 2.00 bits per heavy atom. The average molecular weight is 283 g/mol. The van der Waals surface area contributed by atoms with E-state index < -0.39 is 0 Å². The van der Waals surface area contributed by atoms with Crippen molar-refractivity contribution in [2.45, 2.75) is 39.2 Å². The Hall–Kier alpha value is -1.68. The Balaban J connectivity index is 1.73. The number of aryl methyl sites for hydroxylation is 2. The summed E-state index contributed by atoms with van der Waals surface area (Å²) in [6.45, 7) is 2.99. The van der Waals surface area contributed by atoms with Gasteiger partial charge in [0.2, 0.25) is 0 Å². The molecule has 0 amide bonds. The van der Waals surface area contributed by atoms with Crippen LogP contribution in [0.15, 0.2) is 24.3 Å². The third-order valence-corrected chi connectivity index (χ3v) is 5.08. The molecule has 3 nitrogen and oxygen atoms in total. The first-order chi connectivity index (χ1) is 9.81. The molecule has 1 aliphatic rings. The highest BCUT2D eigenvalue weighted by Crippen LogP contribution is 2.26. The minimum atomic E-state index is 0.869. The highest BCUT2D eigenvalue weighted by molar-refractivity contribution is 7.18. The highest BCUT2D eigenvalue weighted by atomic mass is 32.1. The van der Waals surface area contributed by atoms with Crippen molar-refractivity contribution in [2.24, 2.45) is 0 Å². The molecule has 0 atom stereocenters. The van der Waals surface area contributed by atoms with Crippen LogP contribution in [0.1, 0.15) is 35.1 Å². The molecule has 0 N–H and O–H groups in total. The summed E-state index contributed by atoms with van der Waals surface area (Å²) >= 11 is 1.80. The van der Waals surface area contributed by atoms with Gasteiger partial charge in [-0.05, 0) is 44.7 Å². The van der Waals surface area contributed by atoms with Crippen molar-refractivity contribution >= 4 is 21.6 Å². The van der Waals surface area contributed by atoms with E-state index in [-0.39, 0.29) is 0 Å². The molecule has 2 aromatic heterocycles. The predicted octanol–water partition coefficient (Wildman–Crippen LogP) is 3.73. The molecule has 2 heterocycles. The van der Waals surface area contributed by atoms with Crippen molar-refractivity contribution in [2.75, 3.05) is 0 Å². The Bertz CT molecular complexity index is 736. The number of rotatable bonds is 2. The van der Waals surface area contributed by atoms with Crippen molar-refractivity contribution in [3.8, 4) is 0 Å². The van der Waals surface area contributed by atoms with Crippen LogP contribution in [0.4, 0.5) is 0 Å². The molecule has 0 unspecified atom stereocenters. The van der Waals surface area contributed by atoms with Crippen LogP contribution >= 0.6 is 11.3 Å². The third-order valence-electron chi connectivity index (χ3n) is 4.06. The summed E-state index contributed by atoms with van der Waals surface area (Å²) in [6.07, 6.45) is 4.88. The van der Waals surface area contributed by atoms with E-state index in [4.69, 9.17) is 9.97 Å². The molecule has 1 aliphatic carbocycles. The number of hydrogen-bond acceptors (Lipinski definition) is 3. The Morgan fingerprint density at radius 3 is 2.90 bits per heavy atom. The lowest BCUT2D eigenvalue weighted by molar-refractivity contribution is 0.624. The van der Waals surface area contributed by atoms with Crippen molar-refractivity contribution < 1.29 is 0 Å². The average Bonchev–Trinajstić information content (AvgIpc) is 3.00. The molecular weight excluding hydrogens is 266 g/mol. The summed E-state index contributed by atoms with van der Waals surface area (Å²) in [5, 5.41) is 1.18. The van der Waals surface area contributed by atoms with Crippen LogP contribution in [0.5, 0.6) is 0 Å². The van der Waals surface area contributed by atoms with Crippen molar-refractivity contribution in [3.05, 3.63) is 46.5 Å². The van der Waals surface area contributed by atoms with Gasteiger partial charge in [-0.1, -0.05) is 12.1 Å². The van der Waals surface area contributed by atoms with Crippen molar-refractivity contribution in [1.29, 1.82) is 0 Å². The van der Waals surface area contributed by atoms with Gasteiger partial charge in [0, 0.05) is 5.69 Å². The molecule has 20 heavy (non-hydrogen) atoms. The second kappa shape index (κ2) is 4.70. The molecule has 3 aromatic rings. The topological polar surface area (TPSA) is 30.7 Å². The molecule has 0 saturated heterocycles. The Labute approximate surface area is 122 Å². The summed E-state index contributed by atoms with van der Waals surface area (Å²) in [4.78, 5) is 9.49. The standard InChI is InChI=1S/C16H17N3S/c1-11-17-12-6-2-4-8-14(12)19(11)10-16-18-13-7-3-5-9-15(13)20-16/h3,5,7,9H,2,4,6,8,10H2,1H3. The Kier molecular flexibility index (Phi) is 2.84. The van der Waals surface area contributed by atoms with E-state index in [0.29, 0.717) is 0 Å². The smallest absolute Gasteiger partial charge is 0.114 e. The second-order valence-electron chi connectivity index (χ2n) is 5.42. The summed E-state index contributed by atoms with van der Waals surface area (Å²) < 4.78 is 3.64. The zero-order chi connectivity index (χ0) is 13.5. The number of aromatic nitrogens is 3. The number of nitrogens with zero attached hydrogens (tertiary/aromatic N) is 3. The zero-order valence-corrected chi connectivity index (χ0v) is 12.4. The first kappa shape index (κ1) is 12.1. The molecule has 102 valence electrons. The minimum Gasteiger partial charge on any atom is -0.325 e. The van der Waals surface area contributed by atoms with Crippen LogP contribution in [0.3, 0.4) is 0 Å². The summed E-state index contributed by atoms with van der Waals surface area (Å²) in [5.41, 5.74) is 3.86. The lowest BCUT2D eigenvalue weighted by Crippen LogP contribution is -2.10. The molecule has 0 aliphatic heterocycles. The molecule has 0 fully saturated rings. The van der Waals surface area contributed by atoms with Crippen molar-refractivity contribution in [3.63, 3.8) is 0 Å². The summed E-state index contributed by atoms with van der Waals surface area (Å²) in [6, 6.07) is 8.36. The van der Waals surface area contributed by atoms with Crippen LogP contribution in [-0.2, 0) is 19.4 Å². The predicted molar refractivity (Wildman–Crippen MR) is 82.3 cm³/mol. The van der Waals surface area contributed by atoms with Gasteiger partial charge in [0.25, 0.3) is 0 Å². The van der Waals surface area contributed by atoms with E-state index >= 15 is 0 Å². The van der Waals surface area contributed by atoms with Crippen LogP contribution in [-0.4, -0.2) is 14.5 Å². The monoisotopic (exact) mass is 283 g/mol. The molecule has 0 spiro atoms. The number of fused-ring (bicyclic) bond motifs is 2. The molecule has 4 rings (SSSR count). The van der Waals surface area contributed by atoms with Gasteiger partial charge >= 0.3 is 0 Å². The maximum atomic E-state index is 4.75. The van der Waals surface area contributed by atoms with E-state index in [1.807, 2.05) is 0 Å². The highest BCUT2D eigenvalue weighted by Gasteiger charge is 2.18. The van der Waals surface area contributed by atoms with Crippen LogP contribution < -0.4 is 0 Å². The van der Waals surface area contributed by atoms with E-state index in [9.17, 15) is 0 Å². The maximum absolute atomic E-state index is 4.75. The minimum absolute atomic E-state index is 0.869. The summed E-state index contributed by atoms with van der Waals surface area (Å²) in [5.74, 6) is 1.14. The van der Waals surface area contributed by atoms with Gasteiger partial charge in [-0.2, -0.15) is 0 Å². The number of hydrogen-bond donors (Lipinski definition) is 0. The number of para-hydroxylation sites is 1. The quantitative estimate of drug-likeness (QED) is 0.717. The van der Waals surface area contributed by atoms with Crippen LogP contribution in [0, 0.1) is 6.92 Å². The van der Waals surface area contributed by atoms with Gasteiger partial charge in [-0.25, -0.2) is 9.97 Å². The van der Waals surface area contributed by atoms with Gasteiger partial charge in [-0.3, -0.25) is 0 Å². The van der Waals surface area contributed by atoms with E-state index in [2.05, 4.69) is 35.8 Å². The number of imidazole rings is 1. The maximum Gasteiger partial charge on any atom is 0.114 e. The third kappa shape index (κ3) is 1.95. The first-order valence-electron chi connectivity index (χ1n) is 7.20. The van der Waals surface area contributed by atoms with Gasteiger partial charge in [0.1, 0.15) is 10.8 Å².